The van der Waals surface area contributed by atoms with E-state index in [2.05, 4.69) is 16.4 Å². The lowest BCUT2D eigenvalue weighted by Gasteiger charge is -2.11. The number of carbonyl (C=O) groups is 1. The van der Waals surface area contributed by atoms with E-state index >= 15 is 0 Å². The fourth-order valence-electron chi connectivity index (χ4n) is 3.38. The van der Waals surface area contributed by atoms with Gasteiger partial charge < -0.3 is 14.5 Å². The van der Waals surface area contributed by atoms with E-state index in [1.54, 1.807) is 13.2 Å². The third kappa shape index (κ3) is 3.70. The molecule has 0 spiro atoms. The largest absolute Gasteiger partial charge is 0.495 e. The quantitative estimate of drug-likeness (QED) is 0.449. The van der Waals surface area contributed by atoms with Crippen molar-refractivity contribution in [2.45, 2.75) is 18.9 Å². The molecule has 30 heavy (non-hydrogen) atoms. The molecule has 0 fully saturated rings. The Balaban J connectivity index is 1.57. The first-order valence-corrected chi connectivity index (χ1v) is 10.3. The van der Waals surface area contributed by atoms with Crippen LogP contribution in [0.3, 0.4) is 0 Å². The van der Waals surface area contributed by atoms with Crippen LogP contribution in [-0.2, 0) is 4.79 Å². The molecule has 6 nitrogen and oxygen atoms in total. The van der Waals surface area contributed by atoms with Crippen LogP contribution in [0.1, 0.15) is 16.8 Å². The van der Waals surface area contributed by atoms with E-state index in [1.165, 1.54) is 11.8 Å². The number of hydrogen-bond donors (Lipinski definition) is 1. The number of aromatic nitrogens is 1. The van der Waals surface area contributed by atoms with Crippen molar-refractivity contribution in [2.75, 3.05) is 18.2 Å². The number of furan rings is 1. The van der Waals surface area contributed by atoms with Crippen LogP contribution >= 0.6 is 11.8 Å². The summed E-state index contributed by atoms with van der Waals surface area (Å²) < 4.78 is 11.4. The van der Waals surface area contributed by atoms with Crippen molar-refractivity contribution in [2.24, 2.45) is 0 Å². The van der Waals surface area contributed by atoms with Crippen LogP contribution in [0.5, 0.6) is 5.75 Å². The van der Waals surface area contributed by atoms with Gasteiger partial charge in [-0.1, -0.05) is 30.0 Å². The van der Waals surface area contributed by atoms with Crippen molar-refractivity contribution in [1.82, 2.24) is 4.98 Å². The molecule has 0 unspecified atom stereocenters. The first kappa shape index (κ1) is 19.8. The normalized spacial score (nSPS) is 10.9. The summed E-state index contributed by atoms with van der Waals surface area (Å²) in [5.74, 6) is 0.444. The summed E-state index contributed by atoms with van der Waals surface area (Å²) in [6, 6.07) is 15.4. The number of methoxy groups -OCH3 is 1. The molecule has 2 heterocycles. The SMILES string of the molecule is COc1cc2c(cc1NC(=O)CSc1nc(C)cc(C)c1C#N)oc1ccccc12. The summed E-state index contributed by atoms with van der Waals surface area (Å²) in [7, 11) is 1.56. The number of aryl methyl sites for hydroxylation is 2. The second kappa shape index (κ2) is 8.09. The number of carbonyl (C=O) groups excluding carboxylic acids is 1. The fraction of sp³-hybridized carbons (Fsp3) is 0.174. The smallest absolute Gasteiger partial charge is 0.234 e. The molecule has 1 N–H and O–H groups in total. The van der Waals surface area contributed by atoms with Gasteiger partial charge >= 0.3 is 0 Å². The molecule has 0 bridgehead atoms. The summed E-state index contributed by atoms with van der Waals surface area (Å²) in [6.45, 7) is 3.73. The van der Waals surface area contributed by atoms with Gasteiger partial charge in [-0.3, -0.25) is 4.79 Å². The molecule has 0 saturated carbocycles. The second-order valence-electron chi connectivity index (χ2n) is 6.86. The molecule has 0 saturated heterocycles. The number of benzene rings is 2. The van der Waals surface area contributed by atoms with Gasteiger partial charge in [0.1, 0.15) is 28.0 Å². The van der Waals surface area contributed by atoms with E-state index in [1.807, 2.05) is 50.2 Å². The van der Waals surface area contributed by atoms with Gasteiger partial charge in [0.05, 0.1) is 24.1 Å². The molecule has 4 rings (SSSR count). The lowest BCUT2D eigenvalue weighted by molar-refractivity contribution is -0.113. The number of nitrogens with zero attached hydrogens (tertiary/aromatic N) is 2. The highest BCUT2D eigenvalue weighted by Gasteiger charge is 2.16. The van der Waals surface area contributed by atoms with Crippen LogP contribution in [0.15, 0.2) is 51.9 Å². The number of para-hydroxylation sites is 1. The van der Waals surface area contributed by atoms with Gasteiger partial charge in [0.2, 0.25) is 5.91 Å². The summed E-state index contributed by atoms with van der Waals surface area (Å²) in [5.41, 5.74) is 4.14. The first-order valence-electron chi connectivity index (χ1n) is 9.30. The van der Waals surface area contributed by atoms with Gasteiger partial charge in [-0.25, -0.2) is 4.98 Å². The summed E-state index contributed by atoms with van der Waals surface area (Å²) >= 11 is 1.24. The maximum Gasteiger partial charge on any atom is 0.234 e. The minimum absolute atomic E-state index is 0.117. The second-order valence-corrected chi connectivity index (χ2v) is 7.82. The molecule has 0 atom stereocenters. The molecule has 2 aromatic carbocycles. The maximum atomic E-state index is 12.6. The van der Waals surface area contributed by atoms with E-state index in [0.29, 0.717) is 27.6 Å². The molecule has 4 aromatic rings. The third-order valence-corrected chi connectivity index (χ3v) is 5.71. The van der Waals surface area contributed by atoms with Crippen molar-refractivity contribution in [3.8, 4) is 11.8 Å². The predicted octanol–water partition coefficient (Wildman–Crippen LogP) is 5.21. The Morgan fingerprint density at radius 3 is 2.77 bits per heavy atom. The standard InChI is InChI=1S/C23H19N3O3S/c1-13-8-14(2)25-23(17(13)11-24)30-12-22(27)26-18-10-20-16(9-21(18)28-3)15-6-4-5-7-19(15)29-20/h4-10H,12H2,1-3H3,(H,26,27). The number of thioether (sulfide) groups is 1. The molecule has 0 radical (unpaired) electrons. The Morgan fingerprint density at radius 2 is 2.00 bits per heavy atom. The van der Waals surface area contributed by atoms with Crippen LogP contribution in [0.4, 0.5) is 5.69 Å². The molecule has 0 aliphatic heterocycles. The Kier molecular flexibility index (Phi) is 5.34. The number of anilines is 1. The fourth-order valence-corrected chi connectivity index (χ4v) is 4.28. The molecule has 0 aliphatic carbocycles. The average molecular weight is 417 g/mol. The van der Waals surface area contributed by atoms with Crippen molar-refractivity contribution >= 4 is 45.3 Å². The summed E-state index contributed by atoms with van der Waals surface area (Å²) in [5, 5.41) is 14.7. The lowest BCUT2D eigenvalue weighted by atomic mass is 10.1. The number of fused-ring (bicyclic) bond motifs is 3. The van der Waals surface area contributed by atoms with Gasteiger partial charge in [-0.15, -0.1) is 0 Å². The van der Waals surface area contributed by atoms with Gasteiger partial charge in [0.15, 0.2) is 0 Å². The van der Waals surface area contributed by atoms with Gasteiger partial charge in [-0.2, -0.15) is 5.26 Å². The molecule has 2 aromatic heterocycles. The monoisotopic (exact) mass is 417 g/mol. The molecule has 1 amide bonds. The van der Waals surface area contributed by atoms with Gasteiger partial charge in [0, 0.05) is 22.5 Å². The number of nitrogens with one attached hydrogen (secondary N) is 1. The van der Waals surface area contributed by atoms with Crippen molar-refractivity contribution in [3.63, 3.8) is 0 Å². The van der Waals surface area contributed by atoms with Crippen LogP contribution < -0.4 is 10.1 Å². The third-order valence-electron chi connectivity index (χ3n) is 4.74. The highest BCUT2D eigenvalue weighted by Crippen LogP contribution is 2.36. The Labute approximate surface area is 177 Å². The number of ether oxygens (including phenoxy) is 1. The maximum absolute atomic E-state index is 12.6. The van der Waals surface area contributed by atoms with Crippen LogP contribution in [-0.4, -0.2) is 23.8 Å². The lowest BCUT2D eigenvalue weighted by Crippen LogP contribution is -2.15. The van der Waals surface area contributed by atoms with E-state index < -0.39 is 0 Å². The zero-order valence-corrected chi connectivity index (χ0v) is 17.6. The van der Waals surface area contributed by atoms with Gasteiger partial charge in [0.25, 0.3) is 0 Å². The predicted molar refractivity (Wildman–Crippen MR) is 118 cm³/mol. The minimum Gasteiger partial charge on any atom is -0.495 e. The molecular formula is C23H19N3O3S. The number of nitriles is 1. The highest BCUT2D eigenvalue weighted by molar-refractivity contribution is 8.00. The van der Waals surface area contributed by atoms with Crippen LogP contribution in [0, 0.1) is 25.2 Å². The van der Waals surface area contributed by atoms with Crippen LogP contribution in [0.2, 0.25) is 0 Å². The van der Waals surface area contributed by atoms with E-state index in [9.17, 15) is 10.1 Å². The summed E-state index contributed by atoms with van der Waals surface area (Å²) in [6.07, 6.45) is 0. The molecule has 150 valence electrons. The van der Waals surface area contributed by atoms with Crippen molar-refractivity contribution in [1.29, 1.82) is 5.26 Å². The molecule has 0 aliphatic rings. The summed E-state index contributed by atoms with van der Waals surface area (Å²) in [4.78, 5) is 17.0. The Bertz CT molecular complexity index is 1320. The highest BCUT2D eigenvalue weighted by atomic mass is 32.2. The number of hydrogen-bond acceptors (Lipinski definition) is 6. The van der Waals surface area contributed by atoms with E-state index in [-0.39, 0.29) is 11.7 Å². The zero-order valence-electron chi connectivity index (χ0n) is 16.8. The van der Waals surface area contributed by atoms with Crippen LogP contribution in [0.25, 0.3) is 21.9 Å². The average Bonchev–Trinajstić information content (AvgIpc) is 3.08. The number of amides is 1. The number of rotatable bonds is 5. The minimum atomic E-state index is -0.224. The molecular weight excluding hydrogens is 398 g/mol. The topological polar surface area (TPSA) is 88.1 Å². The Hall–Kier alpha value is -3.50. The first-order chi connectivity index (χ1) is 14.5. The number of pyridine rings is 1. The zero-order chi connectivity index (χ0) is 21.3. The van der Waals surface area contributed by atoms with E-state index in [0.717, 1.165) is 27.6 Å². The van der Waals surface area contributed by atoms with Crippen molar-refractivity contribution < 1.29 is 13.9 Å². The Morgan fingerprint density at radius 1 is 1.20 bits per heavy atom. The van der Waals surface area contributed by atoms with E-state index in [4.69, 9.17) is 9.15 Å². The molecule has 7 heteroatoms. The van der Waals surface area contributed by atoms with Gasteiger partial charge in [-0.05, 0) is 37.6 Å². The van der Waals surface area contributed by atoms with Crippen molar-refractivity contribution in [3.05, 3.63) is 59.3 Å².